The minimum absolute atomic E-state index is 0.353. The van der Waals surface area contributed by atoms with Crippen LogP contribution in [0, 0.1) is 23.7 Å². The van der Waals surface area contributed by atoms with E-state index in [1.807, 2.05) is 0 Å². The van der Waals surface area contributed by atoms with Crippen LogP contribution in [0.25, 0.3) is 0 Å². The summed E-state index contributed by atoms with van der Waals surface area (Å²) in [6.07, 6.45) is 18.0. The van der Waals surface area contributed by atoms with Gasteiger partial charge < -0.3 is 5.11 Å². The third kappa shape index (κ3) is 7.15. The predicted molar refractivity (Wildman–Crippen MR) is 91.9 cm³/mol. The molecule has 2 nitrogen and oxygen atoms in total. The Bertz CT molecular complexity index is 326. The van der Waals surface area contributed by atoms with Crippen molar-refractivity contribution in [2.24, 2.45) is 23.7 Å². The van der Waals surface area contributed by atoms with Gasteiger partial charge in [0.1, 0.15) is 0 Å². The topological polar surface area (TPSA) is 37.3 Å². The molecule has 0 heterocycles. The molecular formula is C20H36O2. The number of carbonyl (C=O) groups is 1. The number of carboxylic acids is 1. The van der Waals surface area contributed by atoms with E-state index >= 15 is 0 Å². The molecule has 2 fully saturated rings. The summed E-state index contributed by atoms with van der Waals surface area (Å²) >= 11 is 0. The van der Waals surface area contributed by atoms with Crippen LogP contribution >= 0.6 is 0 Å². The molecule has 0 bridgehead atoms. The molecule has 128 valence electrons. The minimum atomic E-state index is -0.645. The highest BCUT2D eigenvalue weighted by Gasteiger charge is 2.44. The molecular weight excluding hydrogens is 272 g/mol. The van der Waals surface area contributed by atoms with E-state index < -0.39 is 5.97 Å². The Hall–Kier alpha value is -0.530. The number of carboxylic acid groups (broad SMARTS) is 1. The van der Waals surface area contributed by atoms with Crippen LogP contribution in [-0.2, 0) is 4.79 Å². The van der Waals surface area contributed by atoms with Gasteiger partial charge in [0.25, 0.3) is 0 Å². The maximum atomic E-state index is 10.4. The summed E-state index contributed by atoms with van der Waals surface area (Å²) in [5, 5.41) is 8.58. The van der Waals surface area contributed by atoms with Gasteiger partial charge in [-0.15, -0.1) is 0 Å². The normalized spacial score (nSPS) is 29.5. The van der Waals surface area contributed by atoms with Crippen molar-refractivity contribution in [2.75, 3.05) is 0 Å². The molecule has 0 aromatic heterocycles. The van der Waals surface area contributed by atoms with Crippen molar-refractivity contribution in [3.8, 4) is 0 Å². The van der Waals surface area contributed by atoms with Gasteiger partial charge in [0.05, 0.1) is 0 Å². The van der Waals surface area contributed by atoms with E-state index in [4.69, 9.17) is 5.11 Å². The molecule has 2 heteroatoms. The fraction of sp³-hybridized carbons (Fsp3) is 0.950. The first-order valence-electron chi connectivity index (χ1n) is 9.92. The monoisotopic (exact) mass is 308 g/mol. The van der Waals surface area contributed by atoms with Crippen molar-refractivity contribution in [1.29, 1.82) is 0 Å². The summed E-state index contributed by atoms with van der Waals surface area (Å²) in [6.45, 7) is 2.30. The van der Waals surface area contributed by atoms with Crippen LogP contribution in [0.2, 0.25) is 0 Å². The molecule has 1 unspecified atom stereocenters. The summed E-state index contributed by atoms with van der Waals surface area (Å²) in [7, 11) is 0. The Balaban J connectivity index is 1.36. The molecule has 0 saturated heterocycles. The van der Waals surface area contributed by atoms with E-state index in [2.05, 4.69) is 6.92 Å². The number of hydrogen-bond acceptors (Lipinski definition) is 1. The standard InChI is InChI=1S/C20H36O2/c1-2-3-7-10-16-13-18(16)15-19-14-17(19)11-8-5-4-6-9-12-20(21)22/h16-19H,2-15H2,1H3,(H,21,22)/t16-,17-,18?,19+/m1/s1. The molecule has 0 radical (unpaired) electrons. The number of unbranched alkanes of at least 4 members (excludes halogenated alkanes) is 6. The van der Waals surface area contributed by atoms with Gasteiger partial charge >= 0.3 is 5.97 Å². The summed E-state index contributed by atoms with van der Waals surface area (Å²) in [4.78, 5) is 10.4. The minimum Gasteiger partial charge on any atom is -0.481 e. The largest absolute Gasteiger partial charge is 0.481 e. The second-order valence-electron chi connectivity index (χ2n) is 7.94. The lowest BCUT2D eigenvalue weighted by Gasteiger charge is -2.02. The van der Waals surface area contributed by atoms with E-state index in [1.54, 1.807) is 6.42 Å². The fourth-order valence-electron chi connectivity index (χ4n) is 4.16. The molecule has 0 aromatic rings. The van der Waals surface area contributed by atoms with E-state index in [-0.39, 0.29) is 0 Å². The summed E-state index contributed by atoms with van der Waals surface area (Å²) < 4.78 is 0. The molecule has 0 spiro atoms. The van der Waals surface area contributed by atoms with Gasteiger partial charge in [0.15, 0.2) is 0 Å². The quantitative estimate of drug-likeness (QED) is 0.397. The van der Waals surface area contributed by atoms with Gasteiger partial charge in [0.2, 0.25) is 0 Å². The van der Waals surface area contributed by atoms with E-state index in [1.165, 1.54) is 64.2 Å². The first-order valence-corrected chi connectivity index (χ1v) is 9.92. The lowest BCUT2D eigenvalue weighted by molar-refractivity contribution is -0.137. The second-order valence-corrected chi connectivity index (χ2v) is 7.94. The fourth-order valence-corrected chi connectivity index (χ4v) is 4.16. The van der Waals surface area contributed by atoms with Crippen molar-refractivity contribution in [2.45, 2.75) is 96.8 Å². The maximum Gasteiger partial charge on any atom is 0.303 e. The van der Waals surface area contributed by atoms with Crippen molar-refractivity contribution < 1.29 is 9.90 Å². The van der Waals surface area contributed by atoms with Crippen LogP contribution in [0.5, 0.6) is 0 Å². The van der Waals surface area contributed by atoms with E-state index in [0.29, 0.717) is 6.42 Å². The number of hydrogen-bond donors (Lipinski definition) is 1. The molecule has 0 aromatic carbocycles. The van der Waals surface area contributed by atoms with Crippen LogP contribution in [-0.4, -0.2) is 11.1 Å². The van der Waals surface area contributed by atoms with Crippen LogP contribution in [0.1, 0.15) is 96.8 Å². The SMILES string of the molecule is CCCCC[C@@H]1CC1C[C@@H]1C[C@H]1CCCCCCCC(=O)O. The first kappa shape index (κ1) is 17.8. The third-order valence-corrected chi connectivity index (χ3v) is 5.89. The Kier molecular flexibility index (Phi) is 7.75. The average molecular weight is 309 g/mol. The van der Waals surface area contributed by atoms with Crippen LogP contribution < -0.4 is 0 Å². The molecule has 2 aliphatic carbocycles. The Morgan fingerprint density at radius 3 is 1.95 bits per heavy atom. The van der Waals surface area contributed by atoms with E-state index in [9.17, 15) is 4.79 Å². The van der Waals surface area contributed by atoms with Gasteiger partial charge in [0, 0.05) is 6.42 Å². The lowest BCUT2D eigenvalue weighted by Crippen LogP contribution is -1.93. The predicted octanol–water partition coefficient (Wildman–Crippen LogP) is 6.04. The van der Waals surface area contributed by atoms with Crippen molar-refractivity contribution in [1.82, 2.24) is 0 Å². The van der Waals surface area contributed by atoms with Gasteiger partial charge in [-0.25, -0.2) is 0 Å². The zero-order valence-electron chi connectivity index (χ0n) is 14.6. The molecule has 4 atom stereocenters. The molecule has 0 amide bonds. The summed E-state index contributed by atoms with van der Waals surface area (Å²) in [5.41, 5.74) is 0. The Morgan fingerprint density at radius 1 is 0.818 bits per heavy atom. The van der Waals surface area contributed by atoms with Crippen LogP contribution in [0.15, 0.2) is 0 Å². The Morgan fingerprint density at radius 2 is 1.36 bits per heavy atom. The van der Waals surface area contributed by atoms with Gasteiger partial charge in [-0.05, 0) is 49.4 Å². The molecule has 22 heavy (non-hydrogen) atoms. The smallest absolute Gasteiger partial charge is 0.303 e. The van der Waals surface area contributed by atoms with Crippen molar-refractivity contribution in [3.05, 3.63) is 0 Å². The van der Waals surface area contributed by atoms with Crippen LogP contribution in [0.4, 0.5) is 0 Å². The average Bonchev–Trinajstić information content (AvgIpc) is 3.38. The Labute approximate surface area is 137 Å². The highest BCUT2D eigenvalue weighted by Crippen LogP contribution is 2.54. The zero-order chi connectivity index (χ0) is 15.8. The molecule has 2 rings (SSSR count). The molecule has 0 aliphatic heterocycles. The van der Waals surface area contributed by atoms with Crippen molar-refractivity contribution >= 4 is 5.97 Å². The van der Waals surface area contributed by atoms with Crippen LogP contribution in [0.3, 0.4) is 0 Å². The van der Waals surface area contributed by atoms with Gasteiger partial charge in [-0.1, -0.05) is 64.7 Å². The molecule has 2 saturated carbocycles. The highest BCUT2D eigenvalue weighted by atomic mass is 16.4. The van der Waals surface area contributed by atoms with Crippen molar-refractivity contribution in [3.63, 3.8) is 0 Å². The lowest BCUT2D eigenvalue weighted by atomic mass is 10.0. The third-order valence-electron chi connectivity index (χ3n) is 5.89. The first-order chi connectivity index (χ1) is 10.7. The molecule has 2 aliphatic rings. The highest BCUT2D eigenvalue weighted by molar-refractivity contribution is 5.66. The second kappa shape index (κ2) is 9.57. The van der Waals surface area contributed by atoms with Gasteiger partial charge in [-0.3, -0.25) is 4.79 Å². The summed E-state index contributed by atoms with van der Waals surface area (Å²) in [5.74, 6) is 3.68. The number of aliphatic carboxylic acids is 1. The maximum absolute atomic E-state index is 10.4. The zero-order valence-corrected chi connectivity index (χ0v) is 14.6. The van der Waals surface area contributed by atoms with E-state index in [0.717, 1.165) is 36.5 Å². The summed E-state index contributed by atoms with van der Waals surface area (Å²) in [6, 6.07) is 0. The molecule has 1 N–H and O–H groups in total. The number of rotatable bonds is 14. The van der Waals surface area contributed by atoms with Gasteiger partial charge in [-0.2, -0.15) is 0 Å².